The zero-order valence-corrected chi connectivity index (χ0v) is 11.1. The Balaban J connectivity index is 2.49. The zero-order valence-electron chi connectivity index (χ0n) is 11.1. The Morgan fingerprint density at radius 3 is 2.38 bits per heavy atom. The van der Waals surface area contributed by atoms with E-state index >= 15 is 0 Å². The number of hydrogen-bond acceptors (Lipinski definition) is 2. The van der Waals surface area contributed by atoms with Crippen molar-refractivity contribution in [3.63, 3.8) is 0 Å². The van der Waals surface area contributed by atoms with Crippen LogP contribution in [0.4, 0.5) is 0 Å². The summed E-state index contributed by atoms with van der Waals surface area (Å²) in [6.07, 6.45) is 8.89. The molecule has 0 aromatic carbocycles. The molecule has 0 saturated heterocycles. The first-order valence-corrected chi connectivity index (χ1v) is 6.59. The van der Waals surface area contributed by atoms with E-state index in [4.69, 9.17) is 4.74 Å². The first kappa shape index (κ1) is 13.5. The molecule has 1 aliphatic carbocycles. The van der Waals surface area contributed by atoms with Crippen LogP contribution in [-0.4, -0.2) is 13.1 Å². The molecule has 16 heavy (non-hydrogen) atoms. The number of carbonyl (C=O) groups is 1. The molecule has 0 radical (unpaired) electrons. The van der Waals surface area contributed by atoms with Crippen molar-refractivity contribution < 1.29 is 9.53 Å². The van der Waals surface area contributed by atoms with Gasteiger partial charge in [0.25, 0.3) is 6.47 Å². The summed E-state index contributed by atoms with van der Waals surface area (Å²) in [5.74, 6) is 0. The van der Waals surface area contributed by atoms with Gasteiger partial charge in [0.2, 0.25) is 0 Å². The van der Waals surface area contributed by atoms with Gasteiger partial charge in [-0.2, -0.15) is 0 Å². The molecule has 2 heteroatoms. The van der Waals surface area contributed by atoms with Crippen molar-refractivity contribution in [1.29, 1.82) is 0 Å². The van der Waals surface area contributed by atoms with Crippen LogP contribution in [-0.2, 0) is 9.53 Å². The van der Waals surface area contributed by atoms with Crippen LogP contribution >= 0.6 is 0 Å². The minimum atomic E-state index is 0.380. The fourth-order valence-corrected chi connectivity index (χ4v) is 3.53. The van der Waals surface area contributed by atoms with E-state index in [9.17, 15) is 4.79 Å². The van der Waals surface area contributed by atoms with Gasteiger partial charge in [0, 0.05) is 0 Å². The third kappa shape index (κ3) is 3.80. The van der Waals surface area contributed by atoms with Crippen molar-refractivity contribution in [3.05, 3.63) is 0 Å². The lowest BCUT2D eigenvalue weighted by Crippen LogP contribution is -2.33. The van der Waals surface area contributed by atoms with Crippen LogP contribution in [0, 0.1) is 10.8 Å². The van der Waals surface area contributed by atoms with Gasteiger partial charge in [0.05, 0.1) is 6.61 Å². The van der Waals surface area contributed by atoms with Gasteiger partial charge in [0.15, 0.2) is 0 Å². The molecule has 0 spiro atoms. The van der Waals surface area contributed by atoms with E-state index in [1.54, 1.807) is 0 Å². The summed E-state index contributed by atoms with van der Waals surface area (Å²) >= 11 is 0. The third-order valence-corrected chi connectivity index (χ3v) is 4.16. The highest BCUT2D eigenvalue weighted by atomic mass is 16.5. The number of carbonyl (C=O) groups excluding carboxylic acids is 1. The van der Waals surface area contributed by atoms with Crippen molar-refractivity contribution in [1.82, 2.24) is 0 Å². The molecular weight excluding hydrogens is 200 g/mol. The molecule has 1 saturated carbocycles. The second-order valence-electron chi connectivity index (χ2n) is 6.12. The summed E-state index contributed by atoms with van der Waals surface area (Å²) in [4.78, 5) is 10.2. The Morgan fingerprint density at radius 2 is 1.81 bits per heavy atom. The molecule has 2 nitrogen and oxygen atoms in total. The van der Waals surface area contributed by atoms with Crippen LogP contribution in [0.25, 0.3) is 0 Å². The van der Waals surface area contributed by atoms with E-state index < -0.39 is 0 Å². The summed E-state index contributed by atoms with van der Waals surface area (Å²) < 4.78 is 4.85. The highest BCUT2D eigenvalue weighted by Gasteiger charge is 2.38. The van der Waals surface area contributed by atoms with Crippen molar-refractivity contribution >= 4 is 6.47 Å². The highest BCUT2D eigenvalue weighted by Crippen LogP contribution is 2.50. The first-order valence-electron chi connectivity index (χ1n) is 6.59. The normalized spacial score (nSPS) is 34.7. The Kier molecular flexibility index (Phi) is 4.82. The van der Waals surface area contributed by atoms with Crippen LogP contribution in [0.2, 0.25) is 0 Å². The molecule has 2 atom stereocenters. The van der Waals surface area contributed by atoms with Crippen LogP contribution in [0.1, 0.15) is 65.7 Å². The lowest BCUT2D eigenvalue weighted by Gasteiger charge is -2.45. The maximum atomic E-state index is 10.2. The molecular formula is C14H26O2. The summed E-state index contributed by atoms with van der Waals surface area (Å²) in [6, 6.07) is 0. The van der Waals surface area contributed by atoms with Gasteiger partial charge >= 0.3 is 0 Å². The van der Waals surface area contributed by atoms with E-state index in [1.807, 2.05) is 0 Å². The summed E-state index contributed by atoms with van der Waals surface area (Å²) in [5.41, 5.74) is 0.897. The average molecular weight is 226 g/mol. The van der Waals surface area contributed by atoms with E-state index in [0.717, 1.165) is 6.42 Å². The number of rotatable bonds is 6. The predicted molar refractivity (Wildman–Crippen MR) is 66.2 cm³/mol. The van der Waals surface area contributed by atoms with Gasteiger partial charge in [0.1, 0.15) is 0 Å². The van der Waals surface area contributed by atoms with Gasteiger partial charge in [-0.25, -0.2) is 0 Å². The lowest BCUT2D eigenvalue weighted by atomic mass is 9.61. The maximum Gasteiger partial charge on any atom is 0.293 e. The standard InChI is InChI=1S/C14H26O2/c1-4-6-13(2)7-5-8-14(3,11-13)9-10-16-12-15/h12H,4-11H2,1-3H3. The van der Waals surface area contributed by atoms with Crippen molar-refractivity contribution in [3.8, 4) is 0 Å². The van der Waals surface area contributed by atoms with Crippen LogP contribution in [0.3, 0.4) is 0 Å². The quantitative estimate of drug-likeness (QED) is 0.506. The molecule has 0 bridgehead atoms. The van der Waals surface area contributed by atoms with E-state index in [0.29, 0.717) is 23.9 Å². The molecule has 0 N–H and O–H groups in total. The Labute approximate surface area is 99.8 Å². The SMILES string of the molecule is CCCC1(C)CCCC(C)(CCOC=O)C1. The molecule has 0 aliphatic heterocycles. The van der Waals surface area contributed by atoms with Crippen molar-refractivity contribution in [2.45, 2.75) is 65.7 Å². The van der Waals surface area contributed by atoms with Crippen LogP contribution in [0.15, 0.2) is 0 Å². The van der Waals surface area contributed by atoms with Gasteiger partial charge in [-0.1, -0.05) is 33.6 Å². The first-order chi connectivity index (χ1) is 7.54. The fraction of sp³-hybridized carbons (Fsp3) is 0.929. The highest BCUT2D eigenvalue weighted by molar-refractivity contribution is 5.36. The molecule has 0 aromatic heterocycles. The summed E-state index contributed by atoms with van der Waals surface area (Å²) in [5, 5.41) is 0. The number of hydrogen-bond donors (Lipinski definition) is 0. The van der Waals surface area contributed by atoms with Gasteiger partial charge < -0.3 is 4.74 Å². The molecule has 1 fully saturated rings. The van der Waals surface area contributed by atoms with Crippen LogP contribution in [0.5, 0.6) is 0 Å². The van der Waals surface area contributed by atoms with E-state index in [-0.39, 0.29) is 0 Å². The predicted octanol–water partition coefficient (Wildman–Crippen LogP) is 3.94. The lowest BCUT2D eigenvalue weighted by molar-refractivity contribution is -0.129. The number of ether oxygens (including phenoxy) is 1. The zero-order chi connectivity index (χ0) is 12.1. The summed E-state index contributed by atoms with van der Waals surface area (Å²) in [7, 11) is 0. The largest absolute Gasteiger partial charge is 0.468 e. The molecule has 2 unspecified atom stereocenters. The Bertz CT molecular complexity index is 223. The minimum Gasteiger partial charge on any atom is -0.468 e. The second-order valence-corrected chi connectivity index (χ2v) is 6.12. The van der Waals surface area contributed by atoms with E-state index in [1.165, 1.54) is 38.5 Å². The smallest absolute Gasteiger partial charge is 0.293 e. The van der Waals surface area contributed by atoms with Gasteiger partial charge in [-0.3, -0.25) is 4.79 Å². The topological polar surface area (TPSA) is 26.3 Å². The molecule has 0 heterocycles. The minimum absolute atomic E-state index is 0.380. The van der Waals surface area contributed by atoms with Crippen LogP contribution < -0.4 is 0 Å². The summed E-state index contributed by atoms with van der Waals surface area (Å²) in [6.45, 7) is 8.20. The van der Waals surface area contributed by atoms with Crippen molar-refractivity contribution in [2.24, 2.45) is 10.8 Å². The monoisotopic (exact) mass is 226 g/mol. The molecule has 0 amide bonds. The van der Waals surface area contributed by atoms with Crippen molar-refractivity contribution in [2.75, 3.05) is 6.61 Å². The Morgan fingerprint density at radius 1 is 1.19 bits per heavy atom. The Hall–Kier alpha value is -0.530. The maximum absolute atomic E-state index is 10.2. The molecule has 94 valence electrons. The second kappa shape index (κ2) is 5.70. The molecule has 0 aromatic rings. The average Bonchev–Trinajstić information content (AvgIpc) is 2.17. The van der Waals surface area contributed by atoms with E-state index in [2.05, 4.69) is 20.8 Å². The van der Waals surface area contributed by atoms with Gasteiger partial charge in [-0.05, 0) is 42.9 Å². The fourth-order valence-electron chi connectivity index (χ4n) is 3.53. The molecule has 1 rings (SSSR count). The van der Waals surface area contributed by atoms with Gasteiger partial charge in [-0.15, -0.1) is 0 Å². The molecule has 1 aliphatic rings. The third-order valence-electron chi connectivity index (χ3n) is 4.16.